The van der Waals surface area contributed by atoms with Crippen molar-refractivity contribution < 1.29 is 13.2 Å². The molecule has 0 bridgehead atoms. The number of imidazole rings is 1. The van der Waals surface area contributed by atoms with E-state index >= 15 is 0 Å². The van der Waals surface area contributed by atoms with Gasteiger partial charge >= 0.3 is 0 Å². The van der Waals surface area contributed by atoms with Crippen LogP contribution in [0.3, 0.4) is 0 Å². The highest BCUT2D eigenvalue weighted by atomic mass is 35.5. The summed E-state index contributed by atoms with van der Waals surface area (Å²) < 4.78 is 27.1. The van der Waals surface area contributed by atoms with Crippen molar-refractivity contribution in [3.05, 3.63) is 64.9 Å². The summed E-state index contributed by atoms with van der Waals surface area (Å²) in [6.45, 7) is 4.19. The lowest BCUT2D eigenvalue weighted by Gasteiger charge is -2.32. The molecule has 1 amide bonds. The molecular formula is C26H34ClN5O3S. The molecule has 1 aromatic heterocycles. The van der Waals surface area contributed by atoms with Crippen molar-refractivity contribution in [3.8, 4) is 0 Å². The van der Waals surface area contributed by atoms with Crippen molar-refractivity contribution in [2.45, 2.75) is 37.9 Å². The third kappa shape index (κ3) is 7.77. The topological polar surface area (TPSA) is 107 Å². The number of benzene rings is 2. The Morgan fingerprint density at radius 1 is 1.11 bits per heavy atom. The molecule has 8 nitrogen and oxygen atoms in total. The number of fused-ring (bicyclic) bond motifs is 1. The molecule has 1 aliphatic rings. The number of carbonyl (C=O) groups is 1. The monoisotopic (exact) mass is 531 g/mol. The summed E-state index contributed by atoms with van der Waals surface area (Å²) >= 11 is 6.15. The number of rotatable bonds is 12. The van der Waals surface area contributed by atoms with Crippen LogP contribution >= 0.6 is 11.6 Å². The van der Waals surface area contributed by atoms with Crippen molar-refractivity contribution in [2.24, 2.45) is 5.92 Å². The minimum Gasteiger partial charge on any atom is -0.352 e. The highest BCUT2D eigenvalue weighted by molar-refractivity contribution is 7.88. The summed E-state index contributed by atoms with van der Waals surface area (Å²) in [7, 11) is -3.29. The van der Waals surface area contributed by atoms with Crippen LogP contribution in [-0.2, 0) is 15.8 Å². The lowest BCUT2D eigenvalue weighted by Crippen LogP contribution is -2.39. The molecule has 0 unspecified atom stereocenters. The maximum absolute atomic E-state index is 12.7. The van der Waals surface area contributed by atoms with Gasteiger partial charge in [0, 0.05) is 18.1 Å². The summed E-state index contributed by atoms with van der Waals surface area (Å²) in [6.07, 6.45) is 6.54. The smallest absolute Gasteiger partial charge is 0.253 e. The average molecular weight is 532 g/mol. The molecule has 2 aromatic carbocycles. The van der Waals surface area contributed by atoms with Crippen molar-refractivity contribution in [1.82, 2.24) is 24.9 Å². The zero-order valence-electron chi connectivity index (χ0n) is 20.4. The van der Waals surface area contributed by atoms with E-state index in [0.29, 0.717) is 35.1 Å². The minimum absolute atomic E-state index is 0.0235. The van der Waals surface area contributed by atoms with Gasteiger partial charge in [0.15, 0.2) is 0 Å². The maximum Gasteiger partial charge on any atom is 0.253 e. The van der Waals surface area contributed by atoms with Gasteiger partial charge in [-0.15, -0.1) is 0 Å². The van der Waals surface area contributed by atoms with E-state index in [0.717, 1.165) is 62.8 Å². The van der Waals surface area contributed by atoms with E-state index in [1.54, 1.807) is 18.5 Å². The molecule has 4 rings (SSSR count). The first-order valence-electron chi connectivity index (χ1n) is 12.5. The van der Waals surface area contributed by atoms with E-state index in [9.17, 15) is 13.2 Å². The Morgan fingerprint density at radius 2 is 1.89 bits per heavy atom. The van der Waals surface area contributed by atoms with E-state index < -0.39 is 10.0 Å². The van der Waals surface area contributed by atoms with Crippen LogP contribution < -0.4 is 10.0 Å². The number of unbranched alkanes of at least 4 members (excludes halogenated alkanes) is 2. The van der Waals surface area contributed by atoms with Gasteiger partial charge in [0.2, 0.25) is 10.0 Å². The number of amides is 1. The first-order chi connectivity index (χ1) is 17.4. The Kier molecular flexibility index (Phi) is 9.36. The number of carbonyl (C=O) groups excluding carboxylic acids is 1. The van der Waals surface area contributed by atoms with Crippen LogP contribution in [-0.4, -0.2) is 61.9 Å². The number of nitrogens with zero attached hydrogens (tertiary/aromatic N) is 2. The van der Waals surface area contributed by atoms with Crippen LogP contribution in [0, 0.1) is 5.92 Å². The first kappa shape index (κ1) is 26.6. The summed E-state index contributed by atoms with van der Waals surface area (Å²) in [4.78, 5) is 22.4. The summed E-state index contributed by atoms with van der Waals surface area (Å²) in [5.74, 6) is 0.338. The number of aromatic nitrogens is 2. The van der Waals surface area contributed by atoms with Crippen molar-refractivity contribution in [3.63, 3.8) is 0 Å². The van der Waals surface area contributed by atoms with Crippen LogP contribution in [0.5, 0.6) is 0 Å². The highest BCUT2D eigenvalue weighted by Gasteiger charge is 2.21. The van der Waals surface area contributed by atoms with Gasteiger partial charge in [-0.3, -0.25) is 4.79 Å². The van der Waals surface area contributed by atoms with Crippen LogP contribution in [0.25, 0.3) is 11.0 Å². The number of aromatic amines is 1. The highest BCUT2D eigenvalue weighted by Crippen LogP contribution is 2.22. The fourth-order valence-corrected chi connectivity index (χ4v) is 6.05. The molecule has 0 radical (unpaired) electrons. The molecule has 10 heteroatoms. The molecular weight excluding hydrogens is 498 g/mol. The Labute approximate surface area is 217 Å². The molecule has 3 N–H and O–H groups in total. The summed E-state index contributed by atoms with van der Waals surface area (Å²) in [5.41, 5.74) is 2.69. The average Bonchev–Trinajstić information content (AvgIpc) is 3.33. The molecule has 3 aromatic rings. The molecule has 0 aliphatic carbocycles. The van der Waals surface area contributed by atoms with Gasteiger partial charge in [-0.05, 0) is 68.9 Å². The van der Waals surface area contributed by atoms with Gasteiger partial charge in [-0.25, -0.2) is 18.1 Å². The second kappa shape index (κ2) is 12.7. The number of hydrogen-bond donors (Lipinski definition) is 3. The molecule has 194 valence electrons. The summed E-state index contributed by atoms with van der Waals surface area (Å²) in [5, 5.41) is 3.57. The molecule has 1 aliphatic heterocycles. The Balaban J connectivity index is 1.08. The normalized spacial score (nSPS) is 15.4. The summed E-state index contributed by atoms with van der Waals surface area (Å²) in [6, 6.07) is 12.7. The fraction of sp³-hybridized carbons (Fsp3) is 0.462. The zero-order chi connectivity index (χ0) is 25.4. The van der Waals surface area contributed by atoms with Gasteiger partial charge in [0.05, 0.1) is 23.2 Å². The van der Waals surface area contributed by atoms with E-state index in [1.165, 1.54) is 0 Å². The third-order valence-corrected chi connectivity index (χ3v) is 8.24. The second-order valence-corrected chi connectivity index (χ2v) is 11.7. The predicted octanol–water partition coefficient (Wildman–Crippen LogP) is 3.95. The van der Waals surface area contributed by atoms with Gasteiger partial charge in [-0.2, -0.15) is 0 Å². The fourth-order valence-electron chi connectivity index (χ4n) is 4.64. The van der Waals surface area contributed by atoms with E-state index in [1.807, 2.05) is 30.3 Å². The quantitative estimate of drug-likeness (QED) is 0.307. The standard InChI is InChI=1S/C26H34ClN5O3S/c27-22-15-23(25-24(16-22)29-19-30-25)26(33)28-17-20-9-13-32(14-10-20)12-6-2-5-11-31-36(34,35)18-21-7-3-1-4-8-21/h1,3-4,7-8,15-16,19-20,31H,2,5-6,9-14,17-18H2,(H,28,33)(H,29,30). The van der Waals surface area contributed by atoms with Crippen LogP contribution in [0.15, 0.2) is 48.8 Å². The van der Waals surface area contributed by atoms with E-state index in [2.05, 4.69) is 24.9 Å². The van der Waals surface area contributed by atoms with Crippen LogP contribution in [0.4, 0.5) is 0 Å². The van der Waals surface area contributed by atoms with Gasteiger partial charge in [0.25, 0.3) is 5.91 Å². The Morgan fingerprint density at radius 3 is 2.67 bits per heavy atom. The molecule has 0 saturated carbocycles. The van der Waals surface area contributed by atoms with Crippen LogP contribution in [0.2, 0.25) is 5.02 Å². The number of piperidine rings is 1. The number of H-pyrrole nitrogens is 1. The Bertz CT molecular complexity index is 1240. The molecule has 1 saturated heterocycles. The number of sulfonamides is 1. The van der Waals surface area contributed by atoms with Gasteiger partial charge < -0.3 is 15.2 Å². The van der Waals surface area contributed by atoms with Gasteiger partial charge in [-0.1, -0.05) is 48.4 Å². The lowest BCUT2D eigenvalue weighted by molar-refractivity contribution is 0.0937. The number of halogens is 1. The number of likely N-dealkylation sites (tertiary alicyclic amines) is 1. The Hall–Kier alpha value is -2.46. The van der Waals surface area contributed by atoms with Crippen molar-refractivity contribution in [1.29, 1.82) is 0 Å². The lowest BCUT2D eigenvalue weighted by atomic mass is 9.96. The van der Waals surface area contributed by atoms with Crippen molar-refractivity contribution >= 4 is 38.6 Å². The molecule has 0 spiro atoms. The number of hydrogen-bond acceptors (Lipinski definition) is 5. The van der Waals surface area contributed by atoms with E-state index in [4.69, 9.17) is 11.6 Å². The molecule has 36 heavy (non-hydrogen) atoms. The minimum atomic E-state index is -3.29. The molecule has 2 heterocycles. The third-order valence-electron chi connectivity index (χ3n) is 6.66. The second-order valence-electron chi connectivity index (χ2n) is 9.45. The number of nitrogens with one attached hydrogen (secondary N) is 3. The van der Waals surface area contributed by atoms with E-state index in [-0.39, 0.29) is 11.7 Å². The van der Waals surface area contributed by atoms with Crippen LogP contribution in [0.1, 0.15) is 48.0 Å². The first-order valence-corrected chi connectivity index (χ1v) is 14.6. The predicted molar refractivity (Wildman–Crippen MR) is 144 cm³/mol. The van der Waals surface area contributed by atoms with Crippen molar-refractivity contribution in [2.75, 3.05) is 32.7 Å². The SMILES string of the molecule is O=C(NCC1CCN(CCCCCNS(=O)(=O)Cc2ccccc2)CC1)c1cc(Cl)cc2[nH]cnc12. The molecule has 0 atom stereocenters. The molecule has 1 fully saturated rings. The zero-order valence-corrected chi connectivity index (χ0v) is 22.0. The van der Waals surface area contributed by atoms with Gasteiger partial charge in [0.1, 0.15) is 5.52 Å². The largest absolute Gasteiger partial charge is 0.352 e. The maximum atomic E-state index is 12.7.